The van der Waals surface area contributed by atoms with E-state index in [0.29, 0.717) is 4.88 Å². The molecular formula is C11H11NO6S. The van der Waals surface area contributed by atoms with Crippen molar-refractivity contribution in [1.29, 1.82) is 0 Å². The number of nitro groups is 1. The summed E-state index contributed by atoms with van der Waals surface area (Å²) in [5, 5.41) is 12.8. The van der Waals surface area contributed by atoms with Gasteiger partial charge in [0.25, 0.3) is 0 Å². The highest BCUT2D eigenvalue weighted by atomic mass is 32.1. The lowest BCUT2D eigenvalue weighted by Gasteiger charge is -2.09. The van der Waals surface area contributed by atoms with Gasteiger partial charge in [0.05, 0.1) is 20.1 Å². The Morgan fingerprint density at radius 2 is 1.95 bits per heavy atom. The normalized spacial score (nSPS) is 23.5. The van der Waals surface area contributed by atoms with Crippen molar-refractivity contribution in [2.45, 2.75) is 12.0 Å². The summed E-state index contributed by atoms with van der Waals surface area (Å²) in [6, 6.07) is 2.01. The second kappa shape index (κ2) is 4.61. The molecule has 2 rings (SSSR count). The molecule has 1 aromatic heterocycles. The van der Waals surface area contributed by atoms with E-state index < -0.39 is 34.2 Å². The largest absolute Gasteiger partial charge is 0.468 e. The van der Waals surface area contributed by atoms with E-state index in [-0.39, 0.29) is 0 Å². The first-order chi connectivity index (χ1) is 9.01. The maximum absolute atomic E-state index is 11.9. The van der Waals surface area contributed by atoms with E-state index in [1.165, 1.54) is 11.3 Å². The Labute approximate surface area is 112 Å². The second-order valence-electron chi connectivity index (χ2n) is 4.08. The molecule has 1 aliphatic rings. The highest BCUT2D eigenvalue weighted by molar-refractivity contribution is 7.10. The van der Waals surface area contributed by atoms with Gasteiger partial charge in [-0.2, -0.15) is 0 Å². The zero-order valence-corrected chi connectivity index (χ0v) is 11.0. The highest BCUT2D eigenvalue weighted by Gasteiger charge is 2.85. The fourth-order valence-electron chi connectivity index (χ4n) is 2.42. The fraction of sp³-hybridized carbons (Fsp3) is 0.455. The molecule has 0 aliphatic heterocycles. The van der Waals surface area contributed by atoms with Gasteiger partial charge < -0.3 is 9.47 Å². The number of nitrogens with zero attached hydrogens (tertiary/aromatic N) is 1. The summed E-state index contributed by atoms with van der Waals surface area (Å²) in [4.78, 5) is 34.9. The topological polar surface area (TPSA) is 95.7 Å². The zero-order valence-electron chi connectivity index (χ0n) is 10.2. The molecule has 2 atom stereocenters. The van der Waals surface area contributed by atoms with Crippen LogP contribution >= 0.6 is 11.3 Å². The van der Waals surface area contributed by atoms with Crippen molar-refractivity contribution >= 4 is 23.3 Å². The van der Waals surface area contributed by atoms with E-state index in [2.05, 4.69) is 9.47 Å². The van der Waals surface area contributed by atoms with E-state index in [0.717, 1.165) is 14.2 Å². The van der Waals surface area contributed by atoms with Gasteiger partial charge in [0.1, 0.15) is 0 Å². The minimum atomic E-state index is -1.86. The van der Waals surface area contributed by atoms with Gasteiger partial charge in [0.15, 0.2) is 0 Å². The van der Waals surface area contributed by atoms with Gasteiger partial charge in [-0.1, -0.05) is 6.07 Å². The third-order valence-corrected chi connectivity index (χ3v) is 4.24. The first-order valence-electron chi connectivity index (χ1n) is 5.35. The van der Waals surface area contributed by atoms with Crippen LogP contribution < -0.4 is 0 Å². The Morgan fingerprint density at radius 1 is 1.37 bits per heavy atom. The third kappa shape index (κ3) is 1.71. The van der Waals surface area contributed by atoms with Gasteiger partial charge in [-0.15, -0.1) is 11.3 Å². The molecule has 1 aliphatic carbocycles. The smallest absolute Gasteiger partial charge is 0.331 e. The first-order valence-corrected chi connectivity index (χ1v) is 6.23. The van der Waals surface area contributed by atoms with Crippen LogP contribution in [0.25, 0.3) is 0 Å². The van der Waals surface area contributed by atoms with Gasteiger partial charge in [-0.25, -0.2) is 0 Å². The SMILES string of the molecule is COC(=O)C1(C(=O)OC)[C@H](c2cccs2)[C@H]1[N+](=O)[O-]. The number of carbonyl (C=O) groups is 2. The summed E-state index contributed by atoms with van der Waals surface area (Å²) in [6.45, 7) is 0. The summed E-state index contributed by atoms with van der Waals surface area (Å²) in [7, 11) is 2.18. The van der Waals surface area contributed by atoms with Gasteiger partial charge >= 0.3 is 11.9 Å². The standard InChI is InChI=1S/C11H11NO6S/c1-17-9(13)11(10(14)18-2)7(8(11)12(15)16)6-4-3-5-19-6/h3-5,7-8H,1-2H3/t7-,8-/m1/s1. The fourth-order valence-corrected chi connectivity index (χ4v) is 3.36. The third-order valence-electron chi connectivity index (χ3n) is 3.29. The molecule has 7 nitrogen and oxygen atoms in total. The molecule has 0 radical (unpaired) electrons. The number of ether oxygens (including phenoxy) is 2. The minimum Gasteiger partial charge on any atom is -0.468 e. The van der Waals surface area contributed by atoms with E-state index in [1.807, 2.05) is 0 Å². The van der Waals surface area contributed by atoms with Crippen LogP contribution in [0.5, 0.6) is 0 Å². The van der Waals surface area contributed by atoms with Crippen molar-refractivity contribution < 1.29 is 24.0 Å². The Balaban J connectivity index is 2.50. The molecule has 0 aromatic carbocycles. The number of thiophene rings is 1. The molecule has 19 heavy (non-hydrogen) atoms. The molecule has 1 saturated carbocycles. The number of hydrogen-bond donors (Lipinski definition) is 0. The van der Waals surface area contributed by atoms with Crippen molar-refractivity contribution in [3.8, 4) is 0 Å². The number of methoxy groups -OCH3 is 2. The Morgan fingerprint density at radius 3 is 2.32 bits per heavy atom. The van der Waals surface area contributed by atoms with Crippen LogP contribution in [0.15, 0.2) is 17.5 Å². The number of hydrogen-bond acceptors (Lipinski definition) is 7. The maximum atomic E-state index is 11.9. The summed E-state index contributed by atoms with van der Waals surface area (Å²) < 4.78 is 9.14. The van der Waals surface area contributed by atoms with Gasteiger partial charge in [0, 0.05) is 9.80 Å². The monoisotopic (exact) mass is 285 g/mol. The lowest BCUT2D eigenvalue weighted by atomic mass is 10.0. The molecule has 0 bridgehead atoms. The summed E-state index contributed by atoms with van der Waals surface area (Å²) >= 11 is 1.25. The van der Waals surface area contributed by atoms with Crippen LogP contribution in [-0.4, -0.2) is 37.1 Å². The van der Waals surface area contributed by atoms with Crippen LogP contribution in [-0.2, 0) is 19.1 Å². The molecule has 0 amide bonds. The predicted octanol–water partition coefficient (Wildman–Crippen LogP) is 0.823. The molecule has 0 saturated heterocycles. The van der Waals surface area contributed by atoms with Crippen LogP contribution in [0, 0.1) is 15.5 Å². The molecule has 8 heteroatoms. The molecule has 1 fully saturated rings. The molecule has 0 spiro atoms. The van der Waals surface area contributed by atoms with Gasteiger partial charge in [-0.3, -0.25) is 19.7 Å². The molecule has 1 heterocycles. The molecule has 102 valence electrons. The Hall–Kier alpha value is -1.96. The summed E-state index contributed by atoms with van der Waals surface area (Å²) in [5.41, 5.74) is -1.86. The number of carbonyl (C=O) groups excluding carboxylic acids is 2. The minimum absolute atomic E-state index is 0.595. The van der Waals surface area contributed by atoms with Crippen molar-refractivity contribution in [2.75, 3.05) is 14.2 Å². The van der Waals surface area contributed by atoms with Crippen molar-refractivity contribution in [2.24, 2.45) is 5.41 Å². The lowest BCUT2D eigenvalue weighted by Crippen LogP contribution is -2.34. The predicted molar refractivity (Wildman–Crippen MR) is 64.3 cm³/mol. The van der Waals surface area contributed by atoms with E-state index in [9.17, 15) is 19.7 Å². The number of esters is 2. The Kier molecular flexibility index (Phi) is 3.27. The van der Waals surface area contributed by atoms with E-state index >= 15 is 0 Å². The zero-order chi connectivity index (χ0) is 14.2. The molecular weight excluding hydrogens is 274 g/mol. The van der Waals surface area contributed by atoms with E-state index in [4.69, 9.17) is 0 Å². The molecule has 0 N–H and O–H groups in total. The van der Waals surface area contributed by atoms with Crippen LogP contribution in [0.4, 0.5) is 0 Å². The maximum Gasteiger partial charge on any atom is 0.331 e. The second-order valence-corrected chi connectivity index (χ2v) is 5.05. The van der Waals surface area contributed by atoms with Gasteiger partial charge in [0.2, 0.25) is 11.5 Å². The first kappa shape index (κ1) is 13.5. The lowest BCUT2D eigenvalue weighted by molar-refractivity contribution is -0.501. The van der Waals surface area contributed by atoms with Crippen molar-refractivity contribution in [3.05, 3.63) is 32.5 Å². The van der Waals surface area contributed by atoms with Crippen LogP contribution in [0.2, 0.25) is 0 Å². The summed E-state index contributed by atoms with van der Waals surface area (Å²) in [5.74, 6) is -2.69. The van der Waals surface area contributed by atoms with Gasteiger partial charge in [-0.05, 0) is 11.4 Å². The Bertz CT molecular complexity index is 509. The van der Waals surface area contributed by atoms with Crippen molar-refractivity contribution in [1.82, 2.24) is 0 Å². The van der Waals surface area contributed by atoms with E-state index in [1.54, 1.807) is 17.5 Å². The average molecular weight is 285 g/mol. The van der Waals surface area contributed by atoms with Crippen molar-refractivity contribution in [3.63, 3.8) is 0 Å². The summed E-state index contributed by atoms with van der Waals surface area (Å²) in [6.07, 6.45) is 0. The molecule has 1 aromatic rings. The number of rotatable bonds is 4. The average Bonchev–Trinajstić information content (AvgIpc) is 2.82. The van der Waals surface area contributed by atoms with Crippen LogP contribution in [0.3, 0.4) is 0 Å². The molecule has 0 unspecified atom stereocenters. The highest BCUT2D eigenvalue weighted by Crippen LogP contribution is 2.63. The van der Waals surface area contributed by atoms with Crippen LogP contribution in [0.1, 0.15) is 10.8 Å². The quantitative estimate of drug-likeness (QED) is 0.352.